The first-order chi connectivity index (χ1) is 13.8. The number of benzene rings is 1. The van der Waals surface area contributed by atoms with Crippen LogP contribution in [0.1, 0.15) is 51.5 Å². The van der Waals surface area contributed by atoms with Gasteiger partial charge in [-0.05, 0) is 36.3 Å². The van der Waals surface area contributed by atoms with Gasteiger partial charge in [0.2, 0.25) is 5.91 Å². The molecule has 0 saturated heterocycles. The van der Waals surface area contributed by atoms with E-state index in [2.05, 4.69) is 25.6 Å². The first-order valence-corrected chi connectivity index (χ1v) is 9.35. The highest BCUT2D eigenvalue weighted by Gasteiger charge is 2.28. The number of nitrogens with one attached hydrogen (secondary N) is 1. The smallest absolute Gasteiger partial charge is 0.305 e. The van der Waals surface area contributed by atoms with Crippen LogP contribution in [-0.2, 0) is 32.2 Å². The SMILES string of the molecule is C.COC(=O)CCCn1nnnc1[C@@H](COCc1ccccc1)NC(=O)C(C)(C)N. The number of ether oxygens (including phenoxy) is 2. The van der Waals surface area contributed by atoms with E-state index < -0.39 is 11.6 Å². The van der Waals surface area contributed by atoms with Crippen LogP contribution in [-0.4, -0.2) is 51.3 Å². The van der Waals surface area contributed by atoms with E-state index >= 15 is 0 Å². The molecule has 0 bridgehead atoms. The van der Waals surface area contributed by atoms with Crippen molar-refractivity contribution >= 4 is 11.9 Å². The van der Waals surface area contributed by atoms with E-state index in [0.717, 1.165) is 5.56 Å². The van der Waals surface area contributed by atoms with Crippen molar-refractivity contribution in [1.29, 1.82) is 0 Å². The number of hydrogen-bond donors (Lipinski definition) is 2. The van der Waals surface area contributed by atoms with Crippen LogP contribution in [0.5, 0.6) is 0 Å². The summed E-state index contributed by atoms with van der Waals surface area (Å²) in [6.07, 6.45) is 0.742. The van der Waals surface area contributed by atoms with Gasteiger partial charge in [0.1, 0.15) is 6.04 Å². The quantitative estimate of drug-likeness (QED) is 0.521. The fourth-order valence-electron chi connectivity index (χ4n) is 2.49. The number of aromatic nitrogens is 4. The molecule has 2 rings (SSSR count). The van der Waals surface area contributed by atoms with Gasteiger partial charge in [-0.3, -0.25) is 9.59 Å². The van der Waals surface area contributed by atoms with Crippen molar-refractivity contribution in [2.24, 2.45) is 5.73 Å². The number of carbonyl (C=O) groups excluding carboxylic acids is 2. The van der Waals surface area contributed by atoms with Crippen LogP contribution < -0.4 is 11.1 Å². The molecular formula is C20H32N6O4. The van der Waals surface area contributed by atoms with Crippen molar-refractivity contribution in [3.05, 3.63) is 41.7 Å². The van der Waals surface area contributed by atoms with Gasteiger partial charge < -0.3 is 20.5 Å². The zero-order chi connectivity index (χ0) is 21.3. The van der Waals surface area contributed by atoms with Crippen molar-refractivity contribution in [1.82, 2.24) is 25.5 Å². The van der Waals surface area contributed by atoms with Crippen LogP contribution in [0.2, 0.25) is 0 Å². The lowest BCUT2D eigenvalue weighted by Crippen LogP contribution is -2.51. The minimum absolute atomic E-state index is 0. The molecule has 1 aromatic heterocycles. The van der Waals surface area contributed by atoms with Crippen molar-refractivity contribution in [2.45, 2.75) is 58.8 Å². The van der Waals surface area contributed by atoms with Gasteiger partial charge in [0.25, 0.3) is 0 Å². The van der Waals surface area contributed by atoms with Crippen LogP contribution in [0.25, 0.3) is 0 Å². The zero-order valence-corrected chi connectivity index (χ0v) is 17.0. The average Bonchev–Trinajstić information content (AvgIpc) is 3.15. The van der Waals surface area contributed by atoms with E-state index in [4.69, 9.17) is 10.5 Å². The molecule has 0 radical (unpaired) electrons. The van der Waals surface area contributed by atoms with Gasteiger partial charge in [0, 0.05) is 13.0 Å². The van der Waals surface area contributed by atoms with Crippen molar-refractivity contribution in [2.75, 3.05) is 13.7 Å². The summed E-state index contributed by atoms with van der Waals surface area (Å²) in [6, 6.07) is 9.09. The lowest BCUT2D eigenvalue weighted by Gasteiger charge is -2.23. The standard InChI is InChI=1S/C19H28N6O4.CH4/c1-19(2,20)18(27)21-15(13-29-12-14-8-5-4-6-9-14)17-22-23-24-25(17)11-7-10-16(26)28-3;/h4-6,8-9,15H,7,10-13,20H2,1-3H3,(H,21,27);1H4/t15-;/m1./s1. The number of hydrogen-bond acceptors (Lipinski definition) is 8. The molecule has 10 heteroatoms. The molecule has 0 aliphatic heterocycles. The molecule has 1 amide bonds. The second kappa shape index (κ2) is 12.0. The average molecular weight is 421 g/mol. The molecule has 166 valence electrons. The Morgan fingerprint density at radius 3 is 2.60 bits per heavy atom. The predicted octanol–water partition coefficient (Wildman–Crippen LogP) is 1.37. The van der Waals surface area contributed by atoms with Crippen molar-refractivity contribution < 1.29 is 19.1 Å². The van der Waals surface area contributed by atoms with Crippen LogP contribution in [0.3, 0.4) is 0 Å². The lowest BCUT2D eigenvalue weighted by atomic mass is 10.1. The molecule has 30 heavy (non-hydrogen) atoms. The summed E-state index contributed by atoms with van der Waals surface area (Å²) < 4.78 is 12.0. The highest BCUT2D eigenvalue weighted by molar-refractivity contribution is 5.85. The highest BCUT2D eigenvalue weighted by Crippen LogP contribution is 2.14. The molecule has 3 N–H and O–H groups in total. The van der Waals surface area contributed by atoms with Crippen molar-refractivity contribution in [3.63, 3.8) is 0 Å². The Labute approximate surface area is 177 Å². The molecule has 2 aromatic rings. The number of nitrogens with zero attached hydrogens (tertiary/aromatic N) is 4. The molecule has 1 heterocycles. The molecule has 0 spiro atoms. The van der Waals surface area contributed by atoms with Crippen LogP contribution >= 0.6 is 0 Å². The Morgan fingerprint density at radius 1 is 1.27 bits per heavy atom. The van der Waals surface area contributed by atoms with Gasteiger partial charge in [0.15, 0.2) is 5.82 Å². The van der Waals surface area contributed by atoms with Crippen LogP contribution in [0, 0.1) is 0 Å². The Morgan fingerprint density at radius 2 is 1.97 bits per heavy atom. The van der Waals surface area contributed by atoms with Gasteiger partial charge in [-0.1, -0.05) is 37.8 Å². The fourth-order valence-corrected chi connectivity index (χ4v) is 2.49. The third-order valence-corrected chi connectivity index (χ3v) is 4.14. The van der Waals surface area contributed by atoms with Crippen molar-refractivity contribution in [3.8, 4) is 0 Å². The second-order valence-electron chi connectivity index (χ2n) is 7.19. The van der Waals surface area contributed by atoms with E-state index in [-0.39, 0.29) is 32.3 Å². The molecule has 0 saturated carbocycles. The maximum absolute atomic E-state index is 12.4. The van der Waals surface area contributed by atoms with E-state index in [0.29, 0.717) is 25.4 Å². The molecular weight excluding hydrogens is 388 g/mol. The molecule has 1 aromatic carbocycles. The monoisotopic (exact) mass is 420 g/mol. The van der Waals surface area contributed by atoms with Crippen LogP contribution in [0.15, 0.2) is 30.3 Å². The fraction of sp³-hybridized carbons (Fsp3) is 0.550. The third kappa shape index (κ3) is 7.88. The van der Waals surface area contributed by atoms with E-state index in [9.17, 15) is 9.59 Å². The van der Waals surface area contributed by atoms with Gasteiger partial charge in [0.05, 0.1) is 25.9 Å². The zero-order valence-electron chi connectivity index (χ0n) is 17.0. The number of esters is 1. The highest BCUT2D eigenvalue weighted by atomic mass is 16.5. The molecule has 0 fully saturated rings. The van der Waals surface area contributed by atoms with Gasteiger partial charge in [-0.25, -0.2) is 4.68 Å². The number of aryl methyl sites for hydroxylation is 1. The summed E-state index contributed by atoms with van der Waals surface area (Å²) in [5.74, 6) is -0.226. The maximum Gasteiger partial charge on any atom is 0.305 e. The Hall–Kier alpha value is -2.85. The molecule has 1 atom stereocenters. The minimum atomic E-state index is -1.07. The molecule has 0 unspecified atom stereocenters. The van der Waals surface area contributed by atoms with E-state index in [1.165, 1.54) is 7.11 Å². The molecule has 10 nitrogen and oxygen atoms in total. The Balaban J connectivity index is 0.00000450. The summed E-state index contributed by atoms with van der Waals surface area (Å²) in [5.41, 5.74) is 5.84. The van der Waals surface area contributed by atoms with E-state index in [1.54, 1.807) is 18.5 Å². The first-order valence-electron chi connectivity index (χ1n) is 9.35. The van der Waals surface area contributed by atoms with Crippen LogP contribution in [0.4, 0.5) is 0 Å². The summed E-state index contributed by atoms with van der Waals surface area (Å²) >= 11 is 0. The molecule has 0 aliphatic carbocycles. The topological polar surface area (TPSA) is 134 Å². The summed E-state index contributed by atoms with van der Waals surface area (Å²) in [4.78, 5) is 23.7. The largest absolute Gasteiger partial charge is 0.469 e. The Kier molecular flexibility index (Phi) is 10.1. The number of nitrogens with two attached hydrogens (primary N) is 1. The predicted molar refractivity (Wildman–Crippen MR) is 111 cm³/mol. The summed E-state index contributed by atoms with van der Waals surface area (Å²) in [5, 5.41) is 14.6. The maximum atomic E-state index is 12.4. The number of carbonyl (C=O) groups is 2. The van der Waals surface area contributed by atoms with Gasteiger partial charge in [-0.15, -0.1) is 5.10 Å². The summed E-state index contributed by atoms with van der Waals surface area (Å²) in [6.45, 7) is 4.17. The Bertz CT molecular complexity index is 788. The minimum Gasteiger partial charge on any atom is -0.469 e. The first kappa shape index (κ1) is 25.2. The number of rotatable bonds is 11. The molecule has 0 aliphatic rings. The number of methoxy groups -OCH3 is 1. The normalized spacial score (nSPS) is 12.0. The van der Waals surface area contributed by atoms with Gasteiger partial charge >= 0.3 is 5.97 Å². The van der Waals surface area contributed by atoms with Gasteiger partial charge in [-0.2, -0.15) is 0 Å². The summed E-state index contributed by atoms with van der Waals surface area (Å²) in [7, 11) is 1.34. The lowest BCUT2D eigenvalue weighted by molar-refractivity contribution is -0.140. The van der Waals surface area contributed by atoms with E-state index in [1.807, 2.05) is 30.3 Å². The number of tetrazole rings is 1. The number of amides is 1. The second-order valence-corrected chi connectivity index (χ2v) is 7.19. The third-order valence-electron chi connectivity index (χ3n) is 4.14.